The molecular weight excluding hydrogens is 199 g/mol. The van der Waals surface area contributed by atoms with Crippen molar-refractivity contribution in [3.63, 3.8) is 0 Å². The molecule has 7 heteroatoms. The minimum Gasteiger partial charge on any atom is -0.481 e. The molecule has 0 radical (unpaired) electrons. The number of carboxylic acids is 1. The normalized spacial score (nSPS) is 40.2. The average molecular weight is 210 g/mol. The van der Waals surface area contributed by atoms with E-state index in [1.807, 2.05) is 0 Å². The van der Waals surface area contributed by atoms with Crippen LogP contribution in [0.1, 0.15) is 19.8 Å². The summed E-state index contributed by atoms with van der Waals surface area (Å²) in [6.07, 6.45) is -0.00917. The number of carbonyl (C=O) groups is 1. The topological polar surface area (TPSA) is 93.1 Å². The smallest absolute Gasteiger partial charge is 0.472 e. The fourth-order valence-electron chi connectivity index (χ4n) is 1.17. The van der Waals surface area contributed by atoms with Crippen molar-refractivity contribution in [1.29, 1.82) is 0 Å². The standard InChI is InChI=1S/C6H11O6P/c1-6(4-5(7)8)2-3-11-13(9,10)12-6/h2-4H2,1H3,(H,7,8)(H,9,10). The summed E-state index contributed by atoms with van der Waals surface area (Å²) in [5.41, 5.74) is -1.10. The fraction of sp³-hybridized carbons (Fsp3) is 0.833. The number of carboxylic acid groups (broad SMARTS) is 1. The summed E-state index contributed by atoms with van der Waals surface area (Å²) in [5, 5.41) is 8.51. The molecule has 0 aromatic carbocycles. The summed E-state index contributed by atoms with van der Waals surface area (Å²) in [6, 6.07) is 0. The van der Waals surface area contributed by atoms with Crippen LogP contribution in [0.5, 0.6) is 0 Å². The molecule has 6 nitrogen and oxygen atoms in total. The van der Waals surface area contributed by atoms with Crippen LogP contribution in [-0.2, 0) is 18.4 Å². The molecule has 0 spiro atoms. The van der Waals surface area contributed by atoms with Crippen LogP contribution in [0.15, 0.2) is 0 Å². The summed E-state index contributed by atoms with van der Waals surface area (Å²) in [5.74, 6) is -1.07. The Hall–Kier alpha value is -0.420. The van der Waals surface area contributed by atoms with E-state index in [2.05, 4.69) is 9.05 Å². The third kappa shape index (κ3) is 3.08. The van der Waals surface area contributed by atoms with Gasteiger partial charge in [0.1, 0.15) is 0 Å². The lowest BCUT2D eigenvalue weighted by Crippen LogP contribution is -2.35. The van der Waals surface area contributed by atoms with Crippen molar-refractivity contribution in [2.75, 3.05) is 6.61 Å². The summed E-state index contributed by atoms with van der Waals surface area (Å²) in [7, 11) is -4.03. The Morgan fingerprint density at radius 2 is 2.31 bits per heavy atom. The molecule has 2 unspecified atom stereocenters. The number of hydrogen-bond acceptors (Lipinski definition) is 4. The lowest BCUT2D eigenvalue weighted by Gasteiger charge is -2.33. The maximum absolute atomic E-state index is 10.9. The lowest BCUT2D eigenvalue weighted by atomic mass is 9.99. The van der Waals surface area contributed by atoms with Crippen LogP contribution in [0.2, 0.25) is 0 Å². The van der Waals surface area contributed by atoms with Gasteiger partial charge in [0.05, 0.1) is 18.6 Å². The lowest BCUT2D eigenvalue weighted by molar-refractivity contribution is -0.143. The monoisotopic (exact) mass is 210 g/mol. The fourth-order valence-corrected chi connectivity index (χ4v) is 2.26. The second kappa shape index (κ2) is 3.38. The molecule has 1 aliphatic heterocycles. The van der Waals surface area contributed by atoms with Gasteiger partial charge in [-0.3, -0.25) is 13.8 Å². The first kappa shape index (κ1) is 10.7. The number of hydrogen-bond donors (Lipinski definition) is 2. The van der Waals surface area contributed by atoms with Crippen LogP contribution in [0, 0.1) is 0 Å². The van der Waals surface area contributed by atoms with Gasteiger partial charge in [-0.15, -0.1) is 0 Å². The molecule has 1 aliphatic rings. The molecule has 0 aliphatic carbocycles. The Kier molecular flexibility index (Phi) is 2.77. The van der Waals surface area contributed by atoms with Gasteiger partial charge in [-0.25, -0.2) is 4.57 Å². The van der Waals surface area contributed by atoms with Crippen molar-refractivity contribution in [3.05, 3.63) is 0 Å². The molecule has 1 fully saturated rings. The van der Waals surface area contributed by atoms with E-state index in [0.29, 0.717) is 6.42 Å². The minimum atomic E-state index is -4.03. The highest BCUT2D eigenvalue weighted by Crippen LogP contribution is 2.52. The van der Waals surface area contributed by atoms with Crippen molar-refractivity contribution >= 4 is 13.8 Å². The number of phosphoric acid groups is 1. The van der Waals surface area contributed by atoms with Gasteiger partial charge >= 0.3 is 13.8 Å². The minimum absolute atomic E-state index is 0.0392. The maximum atomic E-state index is 10.9. The molecule has 76 valence electrons. The van der Waals surface area contributed by atoms with Crippen LogP contribution in [0.25, 0.3) is 0 Å². The van der Waals surface area contributed by atoms with Crippen molar-refractivity contribution in [2.24, 2.45) is 0 Å². The van der Waals surface area contributed by atoms with Gasteiger partial charge in [-0.05, 0) is 6.92 Å². The molecule has 2 N–H and O–H groups in total. The molecule has 0 saturated carbocycles. The molecule has 2 atom stereocenters. The van der Waals surface area contributed by atoms with Crippen LogP contribution in [0.4, 0.5) is 0 Å². The van der Waals surface area contributed by atoms with Crippen LogP contribution in [0.3, 0.4) is 0 Å². The molecule has 0 aromatic rings. The van der Waals surface area contributed by atoms with Crippen LogP contribution in [-0.4, -0.2) is 28.2 Å². The number of rotatable bonds is 2. The summed E-state index contributed by atoms with van der Waals surface area (Å²) in [6.45, 7) is 1.52. The molecule has 0 aromatic heterocycles. The first-order valence-electron chi connectivity index (χ1n) is 3.73. The first-order chi connectivity index (χ1) is 5.83. The van der Waals surface area contributed by atoms with Crippen LogP contribution >= 0.6 is 7.82 Å². The zero-order valence-corrected chi connectivity index (χ0v) is 7.99. The molecule has 13 heavy (non-hydrogen) atoms. The quantitative estimate of drug-likeness (QED) is 0.653. The Morgan fingerprint density at radius 3 is 2.77 bits per heavy atom. The van der Waals surface area contributed by atoms with Gasteiger partial charge in [0.2, 0.25) is 0 Å². The zero-order valence-electron chi connectivity index (χ0n) is 7.10. The van der Waals surface area contributed by atoms with Gasteiger partial charge in [-0.1, -0.05) is 0 Å². The molecule has 1 rings (SSSR count). The molecule has 1 heterocycles. The van der Waals surface area contributed by atoms with Gasteiger partial charge in [-0.2, -0.15) is 0 Å². The van der Waals surface area contributed by atoms with Crippen LogP contribution < -0.4 is 0 Å². The maximum Gasteiger partial charge on any atom is 0.472 e. The van der Waals surface area contributed by atoms with E-state index in [0.717, 1.165) is 0 Å². The van der Waals surface area contributed by atoms with Gasteiger partial charge in [0.25, 0.3) is 0 Å². The van der Waals surface area contributed by atoms with Gasteiger partial charge < -0.3 is 10.00 Å². The third-order valence-electron chi connectivity index (χ3n) is 1.75. The third-order valence-corrected chi connectivity index (χ3v) is 2.93. The van der Waals surface area contributed by atoms with E-state index < -0.39 is 19.4 Å². The Labute approximate surface area is 75.1 Å². The van der Waals surface area contributed by atoms with E-state index in [-0.39, 0.29) is 13.0 Å². The predicted molar refractivity (Wildman–Crippen MR) is 42.1 cm³/mol. The van der Waals surface area contributed by atoms with E-state index >= 15 is 0 Å². The Bertz CT molecular complexity index is 264. The first-order valence-corrected chi connectivity index (χ1v) is 5.22. The molecular formula is C6H11O6P. The van der Waals surface area contributed by atoms with E-state index in [9.17, 15) is 9.36 Å². The average Bonchev–Trinajstić information content (AvgIpc) is 1.79. The summed E-state index contributed by atoms with van der Waals surface area (Å²) < 4.78 is 20.1. The summed E-state index contributed by atoms with van der Waals surface area (Å²) in [4.78, 5) is 19.3. The molecule has 0 bridgehead atoms. The van der Waals surface area contributed by atoms with E-state index in [4.69, 9.17) is 10.00 Å². The van der Waals surface area contributed by atoms with Crippen molar-refractivity contribution in [2.45, 2.75) is 25.4 Å². The number of phosphoric ester groups is 1. The van der Waals surface area contributed by atoms with E-state index in [1.54, 1.807) is 0 Å². The number of aliphatic carboxylic acids is 1. The second-order valence-corrected chi connectivity index (χ2v) is 4.54. The largest absolute Gasteiger partial charge is 0.481 e. The van der Waals surface area contributed by atoms with Gasteiger partial charge in [0.15, 0.2) is 0 Å². The van der Waals surface area contributed by atoms with Crippen molar-refractivity contribution in [3.8, 4) is 0 Å². The highest BCUT2D eigenvalue weighted by atomic mass is 31.2. The summed E-state index contributed by atoms with van der Waals surface area (Å²) >= 11 is 0. The highest BCUT2D eigenvalue weighted by molar-refractivity contribution is 7.47. The van der Waals surface area contributed by atoms with Gasteiger partial charge in [0, 0.05) is 6.42 Å². The second-order valence-electron chi connectivity index (χ2n) is 3.16. The van der Waals surface area contributed by atoms with Crippen molar-refractivity contribution in [1.82, 2.24) is 0 Å². The highest BCUT2D eigenvalue weighted by Gasteiger charge is 2.41. The van der Waals surface area contributed by atoms with Crippen molar-refractivity contribution < 1.29 is 28.4 Å². The zero-order chi connectivity index (χ0) is 10.1. The molecule has 1 saturated heterocycles. The van der Waals surface area contributed by atoms with E-state index in [1.165, 1.54) is 6.92 Å². The Morgan fingerprint density at radius 1 is 1.69 bits per heavy atom. The SMILES string of the molecule is CC1(CC(=O)O)CCOP(=O)(O)O1. The predicted octanol–water partition coefficient (Wildman–Crippen LogP) is 0.757. The Balaban J connectivity index is 2.68. The molecule has 0 amide bonds.